The fourth-order valence-electron chi connectivity index (χ4n) is 5.37. The third-order valence-corrected chi connectivity index (χ3v) is 7.06. The molecule has 3 N–H and O–H groups in total. The molecule has 0 saturated carbocycles. The number of nitrogens with zero attached hydrogens (tertiary/aromatic N) is 1. The van der Waals surface area contributed by atoms with E-state index >= 15 is 0 Å². The minimum Gasteiger partial charge on any atom is -0.504 e. The second-order valence-corrected chi connectivity index (χ2v) is 9.18. The molecule has 38 heavy (non-hydrogen) atoms. The zero-order chi connectivity index (χ0) is 26.8. The summed E-state index contributed by atoms with van der Waals surface area (Å²) in [6, 6.07) is 18.8. The molecule has 2 fully saturated rings. The van der Waals surface area contributed by atoms with Crippen LogP contribution in [0.3, 0.4) is 0 Å². The number of methoxy groups -OCH3 is 1. The molecule has 198 valence electrons. The van der Waals surface area contributed by atoms with Gasteiger partial charge in [-0.3, -0.25) is 4.79 Å². The minimum absolute atomic E-state index is 0.0215. The van der Waals surface area contributed by atoms with Crippen molar-refractivity contribution in [2.45, 2.75) is 32.0 Å². The Labute approximate surface area is 221 Å². The van der Waals surface area contributed by atoms with E-state index in [2.05, 4.69) is 10.9 Å². The third kappa shape index (κ3) is 4.55. The van der Waals surface area contributed by atoms with Crippen LogP contribution in [0, 0.1) is 5.92 Å². The number of esters is 1. The van der Waals surface area contributed by atoms with Crippen molar-refractivity contribution in [2.75, 3.05) is 25.2 Å². The van der Waals surface area contributed by atoms with Gasteiger partial charge in [-0.2, -0.15) is 0 Å². The number of anilines is 1. The number of carbonyl (C=O) groups excluding carboxylic acids is 2. The molecular weight excluding hydrogens is 486 g/mol. The van der Waals surface area contributed by atoms with Gasteiger partial charge in [-0.1, -0.05) is 18.2 Å². The summed E-state index contributed by atoms with van der Waals surface area (Å²) in [7, 11) is 1.49. The highest BCUT2D eigenvalue weighted by molar-refractivity contribution is 6.02. The van der Waals surface area contributed by atoms with Gasteiger partial charge in [0.05, 0.1) is 38.0 Å². The van der Waals surface area contributed by atoms with Crippen molar-refractivity contribution >= 4 is 17.6 Å². The number of rotatable bonds is 8. The van der Waals surface area contributed by atoms with E-state index in [0.29, 0.717) is 23.6 Å². The Morgan fingerprint density at radius 1 is 0.921 bits per heavy atom. The zero-order valence-electron chi connectivity index (χ0n) is 21.5. The number of nitrogens with one attached hydrogen (secondary N) is 2. The lowest BCUT2D eigenvalue weighted by molar-refractivity contribution is -0.119. The maximum absolute atomic E-state index is 13.9. The molecule has 9 heteroatoms. The van der Waals surface area contributed by atoms with Gasteiger partial charge >= 0.3 is 5.97 Å². The van der Waals surface area contributed by atoms with Gasteiger partial charge in [0, 0.05) is 11.6 Å². The largest absolute Gasteiger partial charge is 0.504 e. The van der Waals surface area contributed by atoms with Crippen molar-refractivity contribution in [3.63, 3.8) is 0 Å². The van der Waals surface area contributed by atoms with Gasteiger partial charge in [-0.05, 0) is 73.5 Å². The summed E-state index contributed by atoms with van der Waals surface area (Å²) in [4.78, 5) is 27.8. The topological polar surface area (TPSA) is 109 Å². The summed E-state index contributed by atoms with van der Waals surface area (Å²) < 4.78 is 16.1. The lowest BCUT2D eigenvalue weighted by atomic mass is 9.83. The second-order valence-electron chi connectivity index (χ2n) is 9.18. The Morgan fingerprint density at radius 3 is 2.26 bits per heavy atom. The number of aromatic hydroxyl groups is 1. The van der Waals surface area contributed by atoms with E-state index in [1.165, 1.54) is 7.11 Å². The SMILES string of the molecule is CCOC(=O)c1ccc(N2C(=O)C3NNC(c4ccc(OCC)cc4)C3C2c2ccc(O)c(OC)c2)cc1. The van der Waals surface area contributed by atoms with E-state index in [1.54, 1.807) is 48.2 Å². The van der Waals surface area contributed by atoms with Crippen LogP contribution in [0.4, 0.5) is 5.69 Å². The van der Waals surface area contributed by atoms with Crippen LogP contribution in [-0.2, 0) is 9.53 Å². The van der Waals surface area contributed by atoms with Crippen molar-refractivity contribution in [3.8, 4) is 17.2 Å². The zero-order valence-corrected chi connectivity index (χ0v) is 21.5. The lowest BCUT2D eigenvalue weighted by Crippen LogP contribution is -2.41. The summed E-state index contributed by atoms with van der Waals surface area (Å²) in [5, 5.41) is 10.2. The monoisotopic (exact) mass is 517 g/mol. The number of fused-ring (bicyclic) bond motifs is 1. The van der Waals surface area contributed by atoms with E-state index in [0.717, 1.165) is 16.9 Å². The van der Waals surface area contributed by atoms with Crippen LogP contribution in [0.25, 0.3) is 0 Å². The van der Waals surface area contributed by atoms with Crippen LogP contribution in [0.1, 0.15) is 47.4 Å². The highest BCUT2D eigenvalue weighted by Gasteiger charge is 2.56. The Morgan fingerprint density at radius 2 is 1.61 bits per heavy atom. The van der Waals surface area contributed by atoms with Crippen molar-refractivity contribution in [1.82, 2.24) is 10.9 Å². The average molecular weight is 518 g/mol. The smallest absolute Gasteiger partial charge is 0.338 e. The highest BCUT2D eigenvalue weighted by atomic mass is 16.5. The predicted molar refractivity (Wildman–Crippen MR) is 141 cm³/mol. The van der Waals surface area contributed by atoms with Gasteiger partial charge in [0.25, 0.3) is 0 Å². The van der Waals surface area contributed by atoms with Gasteiger partial charge in [0.1, 0.15) is 11.8 Å². The Kier molecular flexibility index (Phi) is 7.22. The Hall–Kier alpha value is -4.08. The van der Waals surface area contributed by atoms with Crippen LogP contribution in [0.5, 0.6) is 17.2 Å². The standard InChI is InChI=1S/C29H31N3O6/c1-4-37-21-13-8-17(9-14-21)25-24-26(31-30-25)28(34)32(20-11-6-18(7-12-20)29(35)38-5-2)27(24)19-10-15-22(33)23(16-19)36-3/h6-16,24-27,30-31,33H,4-5H2,1-3H3. The van der Waals surface area contributed by atoms with E-state index in [1.807, 2.05) is 37.3 Å². The molecule has 3 aromatic carbocycles. The molecule has 0 aromatic heterocycles. The molecule has 0 spiro atoms. The fourth-order valence-corrected chi connectivity index (χ4v) is 5.37. The van der Waals surface area contributed by atoms with Gasteiger partial charge in [-0.15, -0.1) is 0 Å². The summed E-state index contributed by atoms with van der Waals surface area (Å²) in [6.07, 6.45) is 0. The molecular formula is C29H31N3O6. The van der Waals surface area contributed by atoms with Crippen LogP contribution >= 0.6 is 0 Å². The highest BCUT2D eigenvalue weighted by Crippen LogP contribution is 2.50. The molecule has 2 aliphatic heterocycles. The Bertz CT molecular complexity index is 1310. The fraction of sp³-hybridized carbons (Fsp3) is 0.310. The first kappa shape index (κ1) is 25.6. The number of ether oxygens (including phenoxy) is 3. The number of benzene rings is 3. The summed E-state index contributed by atoms with van der Waals surface area (Å²) >= 11 is 0. The molecule has 2 heterocycles. The van der Waals surface area contributed by atoms with Gasteiger partial charge in [0.2, 0.25) is 5.91 Å². The normalized spacial score (nSPS) is 22.3. The molecule has 1 amide bonds. The van der Waals surface area contributed by atoms with Crippen molar-refractivity contribution < 1.29 is 28.9 Å². The molecule has 9 nitrogen and oxygen atoms in total. The molecule has 4 atom stereocenters. The lowest BCUT2D eigenvalue weighted by Gasteiger charge is -2.31. The minimum atomic E-state index is -0.499. The number of amides is 1. The van der Waals surface area contributed by atoms with Gasteiger partial charge < -0.3 is 24.2 Å². The van der Waals surface area contributed by atoms with Crippen LogP contribution in [-0.4, -0.2) is 43.3 Å². The van der Waals surface area contributed by atoms with Crippen molar-refractivity contribution in [2.24, 2.45) is 5.92 Å². The van der Waals surface area contributed by atoms with Gasteiger partial charge in [0.15, 0.2) is 11.5 Å². The molecule has 2 aliphatic rings. The maximum Gasteiger partial charge on any atom is 0.338 e. The first-order valence-corrected chi connectivity index (χ1v) is 12.7. The van der Waals surface area contributed by atoms with E-state index in [9.17, 15) is 14.7 Å². The first-order chi connectivity index (χ1) is 18.5. The van der Waals surface area contributed by atoms with Crippen LogP contribution < -0.4 is 25.2 Å². The summed E-state index contributed by atoms with van der Waals surface area (Å²) in [5.74, 6) is 0.423. The third-order valence-electron chi connectivity index (χ3n) is 7.06. The first-order valence-electron chi connectivity index (χ1n) is 12.7. The quantitative estimate of drug-likeness (QED) is 0.386. The number of phenolic OH excluding ortho intramolecular Hbond substituents is 1. The van der Waals surface area contributed by atoms with Crippen molar-refractivity contribution in [1.29, 1.82) is 0 Å². The van der Waals surface area contributed by atoms with Crippen LogP contribution in [0.15, 0.2) is 66.7 Å². The maximum atomic E-state index is 13.9. The molecule has 2 saturated heterocycles. The molecule has 3 aromatic rings. The number of phenols is 1. The summed E-state index contributed by atoms with van der Waals surface area (Å²) in [6.45, 7) is 4.56. The van der Waals surface area contributed by atoms with E-state index < -0.39 is 18.1 Å². The average Bonchev–Trinajstić information content (AvgIpc) is 3.49. The van der Waals surface area contributed by atoms with E-state index in [-0.39, 0.29) is 30.2 Å². The molecule has 0 aliphatic carbocycles. The van der Waals surface area contributed by atoms with E-state index in [4.69, 9.17) is 14.2 Å². The number of hydrazine groups is 1. The molecule has 5 rings (SSSR count). The second kappa shape index (κ2) is 10.7. The van der Waals surface area contributed by atoms with Crippen LogP contribution in [0.2, 0.25) is 0 Å². The molecule has 4 unspecified atom stereocenters. The summed E-state index contributed by atoms with van der Waals surface area (Å²) in [5.41, 5.74) is 9.44. The van der Waals surface area contributed by atoms with Gasteiger partial charge in [-0.25, -0.2) is 15.6 Å². The predicted octanol–water partition coefficient (Wildman–Crippen LogP) is 3.90. The number of hydrogen-bond acceptors (Lipinski definition) is 8. The van der Waals surface area contributed by atoms with Crippen molar-refractivity contribution in [3.05, 3.63) is 83.4 Å². The molecule has 0 bridgehead atoms. The number of carbonyl (C=O) groups is 2. The number of hydrogen-bond donors (Lipinski definition) is 3. The molecule has 0 radical (unpaired) electrons. The Balaban J connectivity index is 1.56.